The van der Waals surface area contributed by atoms with E-state index >= 15 is 0 Å². The summed E-state index contributed by atoms with van der Waals surface area (Å²) in [5.41, 5.74) is 4.73. The van der Waals surface area contributed by atoms with Gasteiger partial charge in [-0.25, -0.2) is 4.98 Å². The summed E-state index contributed by atoms with van der Waals surface area (Å²) in [6.45, 7) is 4.55. The molecule has 5 nitrogen and oxygen atoms in total. The Morgan fingerprint density at radius 1 is 1.00 bits per heavy atom. The van der Waals surface area contributed by atoms with Crippen molar-refractivity contribution in [3.05, 3.63) is 71.7 Å². The summed E-state index contributed by atoms with van der Waals surface area (Å²) in [7, 11) is 0. The van der Waals surface area contributed by atoms with Crippen LogP contribution in [-0.2, 0) is 24.2 Å². The summed E-state index contributed by atoms with van der Waals surface area (Å²) in [5.74, 6) is 0.421. The molecule has 1 aliphatic carbocycles. The molecular weight excluding hydrogens is 348 g/mol. The monoisotopic (exact) mass is 374 g/mol. The molecular formula is C23H26N4O. The molecule has 2 aliphatic rings. The molecule has 3 heterocycles. The molecule has 3 aromatic rings. The van der Waals surface area contributed by atoms with Crippen LogP contribution in [-0.4, -0.2) is 51.3 Å². The third kappa shape index (κ3) is 3.31. The Labute approximate surface area is 165 Å². The van der Waals surface area contributed by atoms with Crippen LogP contribution < -0.4 is 0 Å². The second-order valence-corrected chi connectivity index (χ2v) is 7.96. The lowest BCUT2D eigenvalue weighted by atomic mass is 9.88. The maximum atomic E-state index is 13.2. The van der Waals surface area contributed by atoms with E-state index in [0.29, 0.717) is 5.91 Å². The van der Waals surface area contributed by atoms with Gasteiger partial charge in [0.05, 0.1) is 5.69 Å². The number of rotatable bonds is 3. The number of aryl methyl sites for hydroxylation is 1. The zero-order chi connectivity index (χ0) is 18.9. The van der Waals surface area contributed by atoms with Crippen LogP contribution in [0.5, 0.6) is 0 Å². The van der Waals surface area contributed by atoms with Gasteiger partial charge in [0.15, 0.2) is 0 Å². The van der Waals surface area contributed by atoms with E-state index in [-0.39, 0.29) is 5.92 Å². The van der Waals surface area contributed by atoms with Gasteiger partial charge in [-0.15, -0.1) is 0 Å². The van der Waals surface area contributed by atoms with Gasteiger partial charge in [-0.3, -0.25) is 9.69 Å². The van der Waals surface area contributed by atoms with Gasteiger partial charge >= 0.3 is 0 Å². The maximum absolute atomic E-state index is 13.2. The van der Waals surface area contributed by atoms with E-state index in [2.05, 4.69) is 50.7 Å². The van der Waals surface area contributed by atoms with Crippen molar-refractivity contribution < 1.29 is 4.79 Å². The number of hydrogen-bond acceptors (Lipinski definition) is 3. The molecule has 0 N–H and O–H groups in total. The number of pyridine rings is 1. The number of imidazole rings is 1. The highest BCUT2D eigenvalue weighted by Crippen LogP contribution is 2.28. The number of carbonyl (C=O) groups excluding carboxylic acids is 1. The largest absolute Gasteiger partial charge is 0.340 e. The first kappa shape index (κ1) is 17.4. The molecule has 0 bridgehead atoms. The van der Waals surface area contributed by atoms with Crippen LogP contribution in [0.3, 0.4) is 0 Å². The Kier molecular flexibility index (Phi) is 4.61. The fourth-order valence-electron chi connectivity index (χ4n) is 4.60. The van der Waals surface area contributed by atoms with Crippen molar-refractivity contribution in [2.75, 3.05) is 26.2 Å². The highest BCUT2D eigenvalue weighted by molar-refractivity contribution is 5.79. The van der Waals surface area contributed by atoms with Gasteiger partial charge in [0.2, 0.25) is 5.91 Å². The number of piperazine rings is 1. The minimum Gasteiger partial charge on any atom is -0.340 e. The van der Waals surface area contributed by atoms with E-state index in [9.17, 15) is 4.79 Å². The Morgan fingerprint density at radius 2 is 1.79 bits per heavy atom. The summed E-state index contributed by atoms with van der Waals surface area (Å²) < 4.78 is 2.16. The first-order valence-corrected chi connectivity index (χ1v) is 10.3. The highest BCUT2D eigenvalue weighted by Gasteiger charge is 2.32. The van der Waals surface area contributed by atoms with Crippen molar-refractivity contribution in [2.45, 2.75) is 25.8 Å². The van der Waals surface area contributed by atoms with Crippen LogP contribution in [0.2, 0.25) is 0 Å². The second-order valence-electron chi connectivity index (χ2n) is 7.96. The molecule has 1 saturated heterocycles. The third-order valence-electron chi connectivity index (χ3n) is 6.16. The van der Waals surface area contributed by atoms with Crippen molar-refractivity contribution in [3.8, 4) is 0 Å². The SMILES string of the molecule is O=C(C1CCc2nc3ccccn3c2C1)N1CCN(Cc2ccccc2)CC1. The molecule has 0 radical (unpaired) electrons. The fourth-order valence-corrected chi connectivity index (χ4v) is 4.60. The summed E-state index contributed by atoms with van der Waals surface area (Å²) in [5, 5.41) is 0. The van der Waals surface area contributed by atoms with Crippen LogP contribution in [0.1, 0.15) is 23.4 Å². The lowest BCUT2D eigenvalue weighted by Crippen LogP contribution is -2.50. The predicted octanol–water partition coefficient (Wildman–Crippen LogP) is 2.78. The smallest absolute Gasteiger partial charge is 0.226 e. The summed E-state index contributed by atoms with van der Waals surface area (Å²) >= 11 is 0. The van der Waals surface area contributed by atoms with E-state index in [4.69, 9.17) is 4.98 Å². The minimum absolute atomic E-state index is 0.0910. The van der Waals surface area contributed by atoms with Crippen molar-refractivity contribution in [1.82, 2.24) is 19.2 Å². The fraction of sp³-hybridized carbons (Fsp3) is 0.391. The van der Waals surface area contributed by atoms with E-state index in [1.807, 2.05) is 18.2 Å². The van der Waals surface area contributed by atoms with Crippen molar-refractivity contribution in [3.63, 3.8) is 0 Å². The van der Waals surface area contributed by atoms with Crippen LogP contribution in [0.4, 0.5) is 0 Å². The van der Waals surface area contributed by atoms with Crippen molar-refractivity contribution in [1.29, 1.82) is 0 Å². The predicted molar refractivity (Wildman–Crippen MR) is 109 cm³/mol. The van der Waals surface area contributed by atoms with Gasteiger partial charge < -0.3 is 9.30 Å². The molecule has 0 spiro atoms. The molecule has 144 valence electrons. The van der Waals surface area contributed by atoms with E-state index in [1.165, 1.54) is 17.0 Å². The number of nitrogens with zero attached hydrogens (tertiary/aromatic N) is 4. The van der Waals surface area contributed by atoms with Crippen LogP contribution in [0, 0.1) is 5.92 Å². The van der Waals surface area contributed by atoms with Crippen LogP contribution in [0.15, 0.2) is 54.7 Å². The standard InChI is InChI=1S/C23H26N4O/c28-23(26-14-12-25(13-15-26)17-18-6-2-1-3-7-18)19-9-10-20-21(16-19)27-11-5-4-8-22(27)24-20/h1-8,11,19H,9-10,12-17H2. The first-order chi connectivity index (χ1) is 13.8. The van der Waals surface area contributed by atoms with E-state index in [0.717, 1.165) is 57.6 Å². The van der Waals surface area contributed by atoms with Gasteiger partial charge in [-0.2, -0.15) is 0 Å². The molecule has 1 amide bonds. The first-order valence-electron chi connectivity index (χ1n) is 10.3. The van der Waals surface area contributed by atoms with Gasteiger partial charge in [0.1, 0.15) is 5.65 Å². The van der Waals surface area contributed by atoms with Gasteiger partial charge in [-0.05, 0) is 30.5 Å². The molecule has 1 fully saturated rings. The summed E-state index contributed by atoms with van der Waals surface area (Å²) in [6.07, 6.45) is 4.70. The maximum Gasteiger partial charge on any atom is 0.226 e. The van der Waals surface area contributed by atoms with Gasteiger partial charge in [0.25, 0.3) is 0 Å². The molecule has 28 heavy (non-hydrogen) atoms. The van der Waals surface area contributed by atoms with E-state index in [1.54, 1.807) is 0 Å². The Hall–Kier alpha value is -2.66. The minimum atomic E-state index is 0.0910. The quantitative estimate of drug-likeness (QED) is 0.708. The summed E-state index contributed by atoms with van der Waals surface area (Å²) in [4.78, 5) is 22.4. The van der Waals surface area contributed by atoms with Crippen LogP contribution >= 0.6 is 0 Å². The van der Waals surface area contributed by atoms with Crippen LogP contribution in [0.25, 0.3) is 5.65 Å². The second kappa shape index (κ2) is 7.40. The topological polar surface area (TPSA) is 40.9 Å². The number of fused-ring (bicyclic) bond motifs is 3. The Bertz CT molecular complexity index is 973. The lowest BCUT2D eigenvalue weighted by Gasteiger charge is -2.37. The van der Waals surface area contributed by atoms with Gasteiger partial charge in [-0.1, -0.05) is 36.4 Å². The number of carbonyl (C=O) groups is 1. The molecule has 5 heteroatoms. The zero-order valence-electron chi connectivity index (χ0n) is 16.1. The van der Waals surface area contributed by atoms with Gasteiger partial charge in [0, 0.05) is 57.0 Å². The molecule has 1 unspecified atom stereocenters. The molecule has 1 aliphatic heterocycles. The number of aromatic nitrogens is 2. The molecule has 0 saturated carbocycles. The Morgan fingerprint density at radius 3 is 2.61 bits per heavy atom. The number of benzene rings is 1. The third-order valence-corrected chi connectivity index (χ3v) is 6.16. The number of hydrogen-bond donors (Lipinski definition) is 0. The van der Waals surface area contributed by atoms with Crippen molar-refractivity contribution in [2.24, 2.45) is 5.92 Å². The molecule has 1 atom stereocenters. The molecule has 1 aromatic carbocycles. The van der Waals surface area contributed by atoms with Crippen molar-refractivity contribution >= 4 is 11.6 Å². The molecule has 2 aromatic heterocycles. The highest BCUT2D eigenvalue weighted by atomic mass is 16.2. The average Bonchev–Trinajstić information content (AvgIpc) is 3.12. The number of amides is 1. The average molecular weight is 374 g/mol. The lowest BCUT2D eigenvalue weighted by molar-refractivity contribution is -0.137. The normalized spacial score (nSPS) is 20.3. The summed E-state index contributed by atoms with van der Waals surface area (Å²) in [6, 6.07) is 16.7. The Balaban J connectivity index is 1.22. The molecule has 5 rings (SSSR count). The zero-order valence-corrected chi connectivity index (χ0v) is 16.1. The van der Waals surface area contributed by atoms with E-state index < -0.39 is 0 Å².